The third kappa shape index (κ3) is 5.70. The van der Waals surface area contributed by atoms with Crippen molar-refractivity contribution in [1.29, 1.82) is 0 Å². The second-order valence-corrected chi connectivity index (χ2v) is 8.88. The Kier molecular flexibility index (Phi) is 7.81. The van der Waals surface area contributed by atoms with Gasteiger partial charge in [0.1, 0.15) is 0 Å². The molecule has 2 saturated heterocycles. The number of piperidine rings is 1. The van der Waals surface area contributed by atoms with E-state index in [1.807, 2.05) is 18.7 Å². The van der Waals surface area contributed by atoms with E-state index in [0.717, 1.165) is 68.6 Å². The van der Waals surface area contributed by atoms with Gasteiger partial charge in [0, 0.05) is 39.0 Å². The van der Waals surface area contributed by atoms with E-state index in [2.05, 4.69) is 57.6 Å². The van der Waals surface area contributed by atoms with Crippen LogP contribution in [0.4, 0.5) is 0 Å². The molecule has 1 unspecified atom stereocenters. The number of guanidine groups is 1. The fraction of sp³-hybridized carbons (Fsp3) is 0.600. The molecule has 1 aromatic heterocycles. The third-order valence-electron chi connectivity index (χ3n) is 6.41. The Morgan fingerprint density at radius 2 is 2.00 bits per heavy atom. The average Bonchev–Trinajstić information content (AvgIpc) is 3.17. The summed E-state index contributed by atoms with van der Waals surface area (Å²) in [5.74, 6) is 0.947. The van der Waals surface area contributed by atoms with Gasteiger partial charge in [-0.1, -0.05) is 18.2 Å². The number of aromatic nitrogens is 2. The Labute approximate surface area is 191 Å². The van der Waals surface area contributed by atoms with Crippen LogP contribution in [0.15, 0.2) is 35.3 Å². The van der Waals surface area contributed by atoms with Gasteiger partial charge < -0.3 is 19.7 Å². The van der Waals surface area contributed by atoms with Crippen LogP contribution in [-0.4, -0.2) is 66.2 Å². The number of hydrogen-bond acceptors (Lipinski definition) is 4. The first kappa shape index (κ1) is 22.8. The highest BCUT2D eigenvalue weighted by atomic mass is 16.5. The lowest BCUT2D eigenvalue weighted by Gasteiger charge is -2.35. The number of benzene rings is 1. The van der Waals surface area contributed by atoms with Crippen molar-refractivity contribution in [3.63, 3.8) is 0 Å². The molecule has 2 aliphatic heterocycles. The molecule has 2 aromatic rings. The van der Waals surface area contributed by atoms with Gasteiger partial charge in [-0.2, -0.15) is 5.10 Å². The van der Waals surface area contributed by atoms with Crippen LogP contribution in [0.5, 0.6) is 0 Å². The first-order valence-corrected chi connectivity index (χ1v) is 11.9. The zero-order chi connectivity index (χ0) is 22.3. The molecule has 3 heterocycles. The number of nitrogens with one attached hydrogen (secondary N) is 1. The summed E-state index contributed by atoms with van der Waals surface area (Å²) in [4.78, 5) is 6.88. The van der Waals surface area contributed by atoms with Crippen LogP contribution < -0.4 is 5.32 Å². The van der Waals surface area contributed by atoms with Crippen LogP contribution in [0.3, 0.4) is 0 Å². The lowest BCUT2D eigenvalue weighted by atomic mass is 10.1. The number of nitrogens with zero attached hydrogens (tertiary/aromatic N) is 4. The first-order valence-electron chi connectivity index (χ1n) is 11.9. The molecule has 0 bridgehead atoms. The summed E-state index contributed by atoms with van der Waals surface area (Å²) in [6.07, 6.45) is 6.24. The van der Waals surface area contributed by atoms with Crippen LogP contribution in [0.25, 0.3) is 5.69 Å². The number of aryl methyl sites for hydroxylation is 2. The molecular weight excluding hydrogens is 402 g/mol. The predicted octanol–water partition coefficient (Wildman–Crippen LogP) is 3.61. The minimum Gasteiger partial charge on any atom is -0.376 e. The van der Waals surface area contributed by atoms with E-state index in [9.17, 15) is 0 Å². The first-order chi connectivity index (χ1) is 15.6. The van der Waals surface area contributed by atoms with Crippen LogP contribution >= 0.6 is 0 Å². The Hall–Kier alpha value is -2.38. The monoisotopic (exact) mass is 439 g/mol. The molecule has 1 N–H and O–H groups in total. The SMILES string of the molecule is CN=C(NCc1ccccc1-n1nc(C)cc1C)N1CCC(OCC2CCCCO2)CC1. The minimum atomic E-state index is 0.290. The van der Waals surface area contributed by atoms with E-state index >= 15 is 0 Å². The molecule has 2 aliphatic rings. The molecule has 0 saturated carbocycles. The Balaban J connectivity index is 1.29. The highest BCUT2D eigenvalue weighted by Gasteiger charge is 2.24. The molecule has 174 valence electrons. The normalized spacial score (nSPS) is 20.5. The summed E-state index contributed by atoms with van der Waals surface area (Å²) < 4.78 is 14.0. The standard InChI is InChI=1S/C25H37N5O2/c1-19-16-20(2)30(28-19)24-10-5-4-8-21(24)17-27-25(26-3)29-13-11-22(12-14-29)32-18-23-9-6-7-15-31-23/h4-5,8,10,16,22-23H,6-7,9,11-15,17-18H2,1-3H3,(H,26,27). The van der Waals surface area contributed by atoms with Crippen molar-refractivity contribution in [2.24, 2.45) is 4.99 Å². The number of para-hydroxylation sites is 1. The average molecular weight is 440 g/mol. The zero-order valence-electron chi connectivity index (χ0n) is 19.7. The van der Waals surface area contributed by atoms with E-state index in [0.29, 0.717) is 18.8 Å². The van der Waals surface area contributed by atoms with Gasteiger partial charge in [-0.05, 0) is 63.6 Å². The van der Waals surface area contributed by atoms with E-state index in [4.69, 9.17) is 9.47 Å². The second-order valence-electron chi connectivity index (χ2n) is 8.88. The van der Waals surface area contributed by atoms with Gasteiger partial charge in [-0.25, -0.2) is 4.68 Å². The summed E-state index contributed by atoms with van der Waals surface area (Å²) in [5.41, 5.74) is 4.48. The zero-order valence-corrected chi connectivity index (χ0v) is 19.7. The molecular formula is C25H37N5O2. The van der Waals surface area contributed by atoms with E-state index in [1.54, 1.807) is 0 Å². The van der Waals surface area contributed by atoms with E-state index < -0.39 is 0 Å². The van der Waals surface area contributed by atoms with Crippen molar-refractivity contribution in [1.82, 2.24) is 20.0 Å². The van der Waals surface area contributed by atoms with Crippen LogP contribution in [0, 0.1) is 13.8 Å². The van der Waals surface area contributed by atoms with Crippen LogP contribution in [0.2, 0.25) is 0 Å². The van der Waals surface area contributed by atoms with Gasteiger partial charge in [0.15, 0.2) is 5.96 Å². The Morgan fingerprint density at radius 1 is 1.19 bits per heavy atom. The number of aliphatic imine (C=N–C) groups is 1. The molecule has 1 aromatic carbocycles. The lowest BCUT2D eigenvalue weighted by Crippen LogP contribution is -2.47. The largest absolute Gasteiger partial charge is 0.376 e. The van der Waals surface area contributed by atoms with Crippen LogP contribution in [-0.2, 0) is 16.0 Å². The van der Waals surface area contributed by atoms with Crippen molar-refractivity contribution in [3.05, 3.63) is 47.3 Å². The lowest BCUT2D eigenvalue weighted by molar-refractivity contribution is -0.0721. The Morgan fingerprint density at radius 3 is 2.69 bits per heavy atom. The number of hydrogen-bond donors (Lipinski definition) is 1. The molecule has 7 heteroatoms. The molecule has 0 amide bonds. The maximum absolute atomic E-state index is 6.17. The van der Waals surface area contributed by atoms with Gasteiger partial charge in [0.05, 0.1) is 30.2 Å². The minimum absolute atomic E-state index is 0.290. The predicted molar refractivity (Wildman–Crippen MR) is 127 cm³/mol. The fourth-order valence-corrected chi connectivity index (χ4v) is 4.66. The van der Waals surface area contributed by atoms with Crippen molar-refractivity contribution in [2.45, 2.75) is 64.7 Å². The third-order valence-corrected chi connectivity index (χ3v) is 6.41. The molecule has 4 rings (SSSR count). The fourth-order valence-electron chi connectivity index (χ4n) is 4.66. The van der Waals surface area contributed by atoms with Crippen LogP contribution in [0.1, 0.15) is 49.1 Å². The Bertz CT molecular complexity index is 895. The van der Waals surface area contributed by atoms with Crippen molar-refractivity contribution >= 4 is 5.96 Å². The highest BCUT2D eigenvalue weighted by molar-refractivity contribution is 5.80. The number of likely N-dealkylation sites (tertiary alicyclic amines) is 1. The molecule has 0 aliphatic carbocycles. The van der Waals surface area contributed by atoms with Gasteiger partial charge in [-0.3, -0.25) is 4.99 Å². The topological polar surface area (TPSA) is 63.9 Å². The number of rotatable bonds is 6. The van der Waals surface area contributed by atoms with Crippen molar-refractivity contribution < 1.29 is 9.47 Å². The van der Waals surface area contributed by atoms with E-state index in [-0.39, 0.29) is 0 Å². The highest BCUT2D eigenvalue weighted by Crippen LogP contribution is 2.19. The van der Waals surface area contributed by atoms with Gasteiger partial charge in [-0.15, -0.1) is 0 Å². The molecule has 0 radical (unpaired) electrons. The maximum Gasteiger partial charge on any atom is 0.193 e. The van der Waals surface area contributed by atoms with Crippen molar-refractivity contribution in [2.75, 3.05) is 33.4 Å². The molecule has 1 atom stereocenters. The quantitative estimate of drug-likeness (QED) is 0.550. The van der Waals surface area contributed by atoms with E-state index in [1.165, 1.54) is 18.4 Å². The maximum atomic E-state index is 6.17. The molecule has 2 fully saturated rings. The second kappa shape index (κ2) is 11.0. The smallest absolute Gasteiger partial charge is 0.193 e. The van der Waals surface area contributed by atoms with Crippen molar-refractivity contribution in [3.8, 4) is 5.69 Å². The summed E-state index contributed by atoms with van der Waals surface area (Å²) in [6.45, 7) is 8.36. The molecule has 32 heavy (non-hydrogen) atoms. The summed E-state index contributed by atoms with van der Waals surface area (Å²) in [7, 11) is 1.86. The number of ether oxygens (including phenoxy) is 2. The summed E-state index contributed by atoms with van der Waals surface area (Å²) in [5, 5.41) is 8.23. The summed E-state index contributed by atoms with van der Waals surface area (Å²) >= 11 is 0. The molecule has 0 spiro atoms. The van der Waals surface area contributed by atoms with Gasteiger partial charge >= 0.3 is 0 Å². The van der Waals surface area contributed by atoms with Gasteiger partial charge in [0.25, 0.3) is 0 Å². The van der Waals surface area contributed by atoms with Gasteiger partial charge in [0.2, 0.25) is 0 Å². The summed E-state index contributed by atoms with van der Waals surface area (Å²) in [6, 6.07) is 10.5. The molecule has 7 nitrogen and oxygen atoms in total.